The van der Waals surface area contributed by atoms with Crippen LogP contribution in [0, 0.1) is 3.57 Å². The van der Waals surface area contributed by atoms with Crippen molar-refractivity contribution in [3.63, 3.8) is 0 Å². The Kier molecular flexibility index (Phi) is 3.49. The molecule has 5 heteroatoms. The van der Waals surface area contributed by atoms with E-state index in [1.54, 1.807) is 0 Å². The first-order chi connectivity index (χ1) is 9.13. The van der Waals surface area contributed by atoms with E-state index in [-0.39, 0.29) is 10.5 Å². The summed E-state index contributed by atoms with van der Waals surface area (Å²) in [6.45, 7) is 0. The second-order valence-corrected chi connectivity index (χ2v) is 6.46. The van der Waals surface area contributed by atoms with Crippen molar-refractivity contribution in [2.45, 2.75) is 4.83 Å². The molecule has 1 heterocycles. The molecule has 3 aromatic rings. The Labute approximate surface area is 131 Å². The number of imidazole rings is 1. The van der Waals surface area contributed by atoms with E-state index in [0.29, 0.717) is 0 Å². The van der Waals surface area contributed by atoms with Crippen LogP contribution >= 0.6 is 38.5 Å². The van der Waals surface area contributed by atoms with Crippen LogP contribution in [0.15, 0.2) is 47.3 Å². The lowest BCUT2D eigenvalue weighted by Gasteiger charge is -2.11. The summed E-state index contributed by atoms with van der Waals surface area (Å²) in [5.41, 5.74) is 3.80. The fourth-order valence-electron chi connectivity index (χ4n) is 2.06. The second-order valence-electron chi connectivity index (χ2n) is 4.30. The van der Waals surface area contributed by atoms with E-state index < -0.39 is 0 Å². The van der Waals surface area contributed by atoms with Crippen LogP contribution in [0.4, 0.5) is 0 Å². The van der Waals surface area contributed by atoms with Crippen LogP contribution in [0.25, 0.3) is 11.0 Å². The van der Waals surface area contributed by atoms with Gasteiger partial charge in [-0.15, -0.1) is 0 Å². The van der Waals surface area contributed by atoms with Crippen LogP contribution in [-0.4, -0.2) is 9.97 Å². The molecule has 0 saturated carbocycles. The number of halogens is 2. The molecule has 2 N–H and O–H groups in total. The third kappa shape index (κ3) is 2.62. The van der Waals surface area contributed by atoms with E-state index in [4.69, 9.17) is 0 Å². The maximum atomic E-state index is 11.3. The molecule has 1 atom stereocenters. The van der Waals surface area contributed by atoms with E-state index in [1.807, 2.05) is 24.3 Å². The minimum absolute atomic E-state index is 0.116. The summed E-state index contributed by atoms with van der Waals surface area (Å²) in [5.74, 6) is 0. The third-order valence-electron chi connectivity index (χ3n) is 2.97. The quantitative estimate of drug-likeness (QED) is 0.471. The molecule has 19 heavy (non-hydrogen) atoms. The van der Waals surface area contributed by atoms with E-state index in [1.165, 1.54) is 9.13 Å². The first-order valence-electron chi connectivity index (χ1n) is 5.75. The molecular formula is C14H10BrIN2O. The highest BCUT2D eigenvalue weighted by Crippen LogP contribution is 2.32. The molecule has 2 aromatic carbocycles. The van der Waals surface area contributed by atoms with Crippen LogP contribution in [0.1, 0.15) is 16.0 Å². The van der Waals surface area contributed by atoms with Gasteiger partial charge in [0.1, 0.15) is 0 Å². The first-order valence-corrected chi connectivity index (χ1v) is 7.74. The molecule has 1 aromatic heterocycles. The van der Waals surface area contributed by atoms with Crippen LogP contribution < -0.4 is 5.69 Å². The zero-order chi connectivity index (χ0) is 13.4. The number of hydrogen-bond donors (Lipinski definition) is 2. The summed E-state index contributed by atoms with van der Waals surface area (Å²) in [6.07, 6.45) is 0. The number of aromatic amines is 2. The summed E-state index contributed by atoms with van der Waals surface area (Å²) in [4.78, 5) is 16.9. The molecule has 3 rings (SSSR count). The Balaban J connectivity index is 2.05. The number of aromatic nitrogens is 2. The predicted molar refractivity (Wildman–Crippen MR) is 88.8 cm³/mol. The van der Waals surface area contributed by atoms with Gasteiger partial charge in [-0.2, -0.15) is 0 Å². The molecule has 0 amide bonds. The minimum atomic E-state index is -0.174. The Morgan fingerprint density at radius 1 is 1.00 bits per heavy atom. The topological polar surface area (TPSA) is 48.6 Å². The van der Waals surface area contributed by atoms with E-state index >= 15 is 0 Å². The fourth-order valence-corrected chi connectivity index (χ4v) is 3.20. The van der Waals surface area contributed by atoms with Gasteiger partial charge in [-0.25, -0.2) is 4.79 Å². The minimum Gasteiger partial charge on any atom is -0.306 e. The molecule has 0 aliphatic carbocycles. The van der Waals surface area contributed by atoms with Crippen molar-refractivity contribution in [3.8, 4) is 0 Å². The Morgan fingerprint density at radius 2 is 1.74 bits per heavy atom. The van der Waals surface area contributed by atoms with E-state index in [0.717, 1.165) is 16.6 Å². The van der Waals surface area contributed by atoms with Crippen molar-refractivity contribution in [2.75, 3.05) is 0 Å². The highest BCUT2D eigenvalue weighted by molar-refractivity contribution is 14.1. The maximum Gasteiger partial charge on any atom is 0.323 e. The van der Waals surface area contributed by atoms with Gasteiger partial charge in [0.2, 0.25) is 0 Å². The molecule has 0 aliphatic heterocycles. The van der Waals surface area contributed by atoms with Gasteiger partial charge in [0.05, 0.1) is 15.9 Å². The Bertz CT molecular complexity index is 793. The smallest absolute Gasteiger partial charge is 0.306 e. The van der Waals surface area contributed by atoms with Crippen molar-refractivity contribution in [3.05, 3.63) is 67.6 Å². The molecule has 0 fully saturated rings. The molecular weight excluding hydrogens is 419 g/mol. The molecule has 0 saturated heterocycles. The normalized spacial score (nSPS) is 12.7. The number of alkyl halides is 1. The van der Waals surface area contributed by atoms with Crippen molar-refractivity contribution in [1.29, 1.82) is 0 Å². The molecule has 0 radical (unpaired) electrons. The molecule has 3 nitrogen and oxygen atoms in total. The average Bonchev–Trinajstić information content (AvgIpc) is 2.76. The fraction of sp³-hybridized carbons (Fsp3) is 0.0714. The van der Waals surface area contributed by atoms with Gasteiger partial charge in [-0.3, -0.25) is 0 Å². The Morgan fingerprint density at radius 3 is 2.53 bits per heavy atom. The van der Waals surface area contributed by atoms with Crippen molar-refractivity contribution < 1.29 is 0 Å². The van der Waals surface area contributed by atoms with Gasteiger partial charge in [0.25, 0.3) is 0 Å². The van der Waals surface area contributed by atoms with Crippen molar-refractivity contribution in [2.24, 2.45) is 0 Å². The van der Waals surface area contributed by atoms with Gasteiger partial charge < -0.3 is 9.97 Å². The predicted octanol–water partition coefficient (Wildman–Crippen LogP) is 3.95. The van der Waals surface area contributed by atoms with Gasteiger partial charge in [0.15, 0.2) is 0 Å². The van der Waals surface area contributed by atoms with Crippen LogP contribution in [0.3, 0.4) is 0 Å². The van der Waals surface area contributed by atoms with E-state index in [9.17, 15) is 4.79 Å². The Hall–Kier alpha value is -1.08. The van der Waals surface area contributed by atoms with Crippen LogP contribution in [0.2, 0.25) is 0 Å². The van der Waals surface area contributed by atoms with Gasteiger partial charge >= 0.3 is 5.69 Å². The average molecular weight is 429 g/mol. The zero-order valence-electron chi connectivity index (χ0n) is 9.78. The van der Waals surface area contributed by atoms with Crippen LogP contribution in [-0.2, 0) is 0 Å². The molecule has 0 spiro atoms. The number of fused-ring (bicyclic) bond motifs is 1. The largest absolute Gasteiger partial charge is 0.323 e. The number of hydrogen-bond acceptors (Lipinski definition) is 1. The van der Waals surface area contributed by atoms with E-state index in [2.05, 4.69) is 66.7 Å². The molecule has 96 valence electrons. The summed E-state index contributed by atoms with van der Waals surface area (Å²) < 4.78 is 1.20. The zero-order valence-corrected chi connectivity index (χ0v) is 13.5. The van der Waals surface area contributed by atoms with Gasteiger partial charge in [-0.1, -0.05) is 34.1 Å². The number of benzene rings is 2. The summed E-state index contributed by atoms with van der Waals surface area (Å²) in [5, 5.41) is 0. The molecule has 0 aliphatic rings. The highest BCUT2D eigenvalue weighted by Gasteiger charge is 2.11. The molecule has 1 unspecified atom stereocenters. The lowest BCUT2D eigenvalue weighted by Crippen LogP contribution is -1.99. The first kappa shape index (κ1) is 12.9. The summed E-state index contributed by atoms with van der Waals surface area (Å²) in [6, 6.07) is 14.3. The van der Waals surface area contributed by atoms with Crippen molar-refractivity contribution >= 4 is 49.6 Å². The van der Waals surface area contributed by atoms with Crippen LogP contribution in [0.5, 0.6) is 0 Å². The summed E-state index contributed by atoms with van der Waals surface area (Å²) >= 11 is 6.02. The monoisotopic (exact) mass is 428 g/mol. The maximum absolute atomic E-state index is 11.3. The van der Waals surface area contributed by atoms with Crippen molar-refractivity contribution in [1.82, 2.24) is 9.97 Å². The third-order valence-corrected chi connectivity index (χ3v) is 4.70. The lowest BCUT2D eigenvalue weighted by molar-refractivity contribution is 1.18. The number of rotatable bonds is 2. The number of H-pyrrole nitrogens is 2. The second kappa shape index (κ2) is 5.13. The highest BCUT2D eigenvalue weighted by atomic mass is 127. The van der Waals surface area contributed by atoms with Gasteiger partial charge in [-0.05, 0) is 58.0 Å². The lowest BCUT2D eigenvalue weighted by atomic mass is 10.0. The standard InChI is InChI=1S/C14H10BrIN2O/c15-13(8-2-1-3-10(16)6-8)9-4-5-11-12(7-9)18-14(19)17-11/h1-7,13H,(H2,17,18,19). The van der Waals surface area contributed by atoms with Gasteiger partial charge in [0, 0.05) is 3.57 Å². The molecule has 0 bridgehead atoms. The summed E-state index contributed by atoms with van der Waals surface area (Å²) in [7, 11) is 0. The number of nitrogens with one attached hydrogen (secondary N) is 2. The SMILES string of the molecule is O=c1[nH]c2ccc(C(Br)c3cccc(I)c3)cc2[nH]1.